The zero-order valence-corrected chi connectivity index (χ0v) is 8.61. The predicted octanol–water partition coefficient (Wildman–Crippen LogP) is -2.31. The monoisotopic (exact) mass is 156 g/mol. The van der Waals surface area contributed by atoms with Crippen LogP contribution in [0.1, 0.15) is 6.92 Å². The first kappa shape index (κ1) is 12.5. The molecule has 0 fully saturated rings. The smallest absolute Gasteiger partial charge is 0.772 e. The fraction of sp³-hybridized carbons (Fsp3) is 0.600. The Labute approximate surface area is 80.3 Å². The molecule has 2 nitrogen and oxygen atoms in total. The van der Waals surface area contributed by atoms with Crippen molar-refractivity contribution >= 4 is 11.1 Å². The third-order valence-electron chi connectivity index (χ3n) is 0.801. The quantitative estimate of drug-likeness (QED) is 0.262. The van der Waals surface area contributed by atoms with E-state index in [-0.39, 0.29) is 41.2 Å². The van der Waals surface area contributed by atoms with Crippen LogP contribution in [-0.2, 0) is 11.1 Å². The maximum absolute atomic E-state index is 9.92. The first-order chi connectivity index (χ1) is 3.66. The van der Waals surface area contributed by atoms with Crippen molar-refractivity contribution < 1.29 is 38.3 Å². The van der Waals surface area contributed by atoms with Crippen LogP contribution in [0, 0.1) is 5.92 Å². The SMILES string of the molecule is C=C[C@@H](C)CS(=O)[O-].[Na+]. The fourth-order valence-electron chi connectivity index (χ4n) is 0.283. The van der Waals surface area contributed by atoms with Gasteiger partial charge in [0, 0.05) is 5.75 Å². The molecule has 0 rings (SSSR count). The Morgan fingerprint density at radius 3 is 2.44 bits per heavy atom. The zero-order chi connectivity index (χ0) is 6.57. The van der Waals surface area contributed by atoms with E-state index in [1.807, 2.05) is 6.92 Å². The maximum Gasteiger partial charge on any atom is 1.00 e. The third kappa shape index (κ3) is 8.85. The Balaban J connectivity index is 0. The molecule has 0 aromatic rings. The molecule has 0 aromatic heterocycles. The van der Waals surface area contributed by atoms with Crippen LogP contribution in [0.3, 0.4) is 0 Å². The number of rotatable bonds is 3. The minimum atomic E-state index is -1.92. The molecule has 0 bridgehead atoms. The van der Waals surface area contributed by atoms with Gasteiger partial charge in [0.25, 0.3) is 0 Å². The van der Waals surface area contributed by atoms with Gasteiger partial charge in [-0.25, -0.2) is 0 Å². The van der Waals surface area contributed by atoms with Crippen LogP contribution in [-0.4, -0.2) is 14.5 Å². The number of hydrogen-bond donors (Lipinski definition) is 0. The fourth-order valence-corrected chi connectivity index (χ4v) is 0.848. The molecule has 0 aromatic carbocycles. The summed E-state index contributed by atoms with van der Waals surface area (Å²) in [6.45, 7) is 5.25. The minimum absolute atomic E-state index is 0. The molecule has 0 radical (unpaired) electrons. The van der Waals surface area contributed by atoms with Gasteiger partial charge in [0.15, 0.2) is 0 Å². The van der Waals surface area contributed by atoms with Gasteiger partial charge in [-0.1, -0.05) is 24.1 Å². The molecule has 0 N–H and O–H groups in total. The van der Waals surface area contributed by atoms with Crippen LogP contribution in [0.4, 0.5) is 0 Å². The van der Waals surface area contributed by atoms with Crippen molar-refractivity contribution in [3.63, 3.8) is 0 Å². The van der Waals surface area contributed by atoms with Crippen LogP contribution < -0.4 is 29.6 Å². The normalized spacial score (nSPS) is 15.3. The van der Waals surface area contributed by atoms with Crippen LogP contribution in [0.25, 0.3) is 0 Å². The van der Waals surface area contributed by atoms with Gasteiger partial charge in [-0.05, 0) is 5.92 Å². The summed E-state index contributed by atoms with van der Waals surface area (Å²) in [6.07, 6.45) is 1.62. The van der Waals surface area contributed by atoms with Gasteiger partial charge in [-0.3, -0.25) is 4.21 Å². The average Bonchev–Trinajstić information content (AvgIpc) is 1.65. The largest absolute Gasteiger partial charge is 1.00 e. The average molecular weight is 156 g/mol. The topological polar surface area (TPSA) is 40.1 Å². The Morgan fingerprint density at radius 2 is 2.33 bits per heavy atom. The van der Waals surface area contributed by atoms with E-state index in [1.54, 1.807) is 6.08 Å². The van der Waals surface area contributed by atoms with Crippen molar-refractivity contribution in [1.82, 2.24) is 0 Å². The summed E-state index contributed by atoms with van der Waals surface area (Å²) in [5, 5.41) is 0. The number of hydrogen-bond acceptors (Lipinski definition) is 2. The van der Waals surface area contributed by atoms with Crippen molar-refractivity contribution in [2.45, 2.75) is 6.92 Å². The Morgan fingerprint density at radius 1 is 1.89 bits per heavy atom. The van der Waals surface area contributed by atoms with Gasteiger partial charge in [0.1, 0.15) is 0 Å². The molecule has 0 saturated heterocycles. The first-order valence-electron chi connectivity index (χ1n) is 2.35. The molecule has 0 spiro atoms. The molecule has 0 aliphatic heterocycles. The molecular weight excluding hydrogens is 147 g/mol. The van der Waals surface area contributed by atoms with E-state index in [9.17, 15) is 8.76 Å². The molecule has 2 atom stereocenters. The maximum atomic E-state index is 9.92. The second-order valence-corrected chi connectivity index (χ2v) is 2.62. The molecule has 4 heteroatoms. The molecule has 0 aliphatic carbocycles. The van der Waals surface area contributed by atoms with Crippen LogP contribution in [0.15, 0.2) is 12.7 Å². The summed E-state index contributed by atoms with van der Waals surface area (Å²) in [5.41, 5.74) is 0. The summed E-state index contributed by atoms with van der Waals surface area (Å²) < 4.78 is 19.8. The Bertz CT molecular complexity index is 105. The van der Waals surface area contributed by atoms with E-state index in [2.05, 4.69) is 6.58 Å². The summed E-state index contributed by atoms with van der Waals surface area (Å²) in [6, 6.07) is 0. The summed E-state index contributed by atoms with van der Waals surface area (Å²) in [5.74, 6) is 0.261. The van der Waals surface area contributed by atoms with E-state index in [0.29, 0.717) is 0 Å². The molecule has 0 heterocycles. The Hall–Kier alpha value is 0.850. The van der Waals surface area contributed by atoms with Crippen LogP contribution >= 0.6 is 0 Å². The van der Waals surface area contributed by atoms with E-state index in [1.165, 1.54) is 0 Å². The number of allylic oxidation sites excluding steroid dienone is 1. The minimum Gasteiger partial charge on any atom is -0.772 e. The first-order valence-corrected chi connectivity index (χ1v) is 3.59. The molecule has 0 amide bonds. The molecule has 0 saturated carbocycles. The van der Waals surface area contributed by atoms with E-state index >= 15 is 0 Å². The van der Waals surface area contributed by atoms with E-state index < -0.39 is 11.1 Å². The van der Waals surface area contributed by atoms with Crippen molar-refractivity contribution in [2.24, 2.45) is 5.92 Å². The standard InChI is InChI=1S/C5H10O2S.Na/c1-3-5(2)4-8(6)7;/h3,5H,1,4H2,2H3,(H,6,7);/q;+1/p-1/t5-;/m1./s1. The van der Waals surface area contributed by atoms with Gasteiger partial charge < -0.3 is 4.55 Å². The van der Waals surface area contributed by atoms with Crippen molar-refractivity contribution in [3.05, 3.63) is 12.7 Å². The molecule has 1 unspecified atom stereocenters. The van der Waals surface area contributed by atoms with Crippen molar-refractivity contribution in [1.29, 1.82) is 0 Å². The third-order valence-corrected chi connectivity index (χ3v) is 1.60. The van der Waals surface area contributed by atoms with E-state index in [4.69, 9.17) is 0 Å². The second-order valence-electron chi connectivity index (χ2n) is 1.68. The second kappa shape index (κ2) is 6.96. The van der Waals surface area contributed by atoms with Crippen LogP contribution in [0.5, 0.6) is 0 Å². The summed E-state index contributed by atoms with van der Waals surface area (Å²) in [7, 11) is 0. The molecular formula is C5H9NaO2S. The van der Waals surface area contributed by atoms with Crippen LogP contribution in [0.2, 0.25) is 0 Å². The van der Waals surface area contributed by atoms with Gasteiger partial charge in [0.2, 0.25) is 0 Å². The molecule has 48 valence electrons. The van der Waals surface area contributed by atoms with Crippen molar-refractivity contribution in [3.8, 4) is 0 Å². The van der Waals surface area contributed by atoms with Gasteiger partial charge >= 0.3 is 29.6 Å². The zero-order valence-electron chi connectivity index (χ0n) is 5.79. The van der Waals surface area contributed by atoms with Gasteiger partial charge in [-0.15, -0.1) is 6.58 Å². The van der Waals surface area contributed by atoms with E-state index in [0.717, 1.165) is 0 Å². The van der Waals surface area contributed by atoms with Gasteiger partial charge in [0.05, 0.1) is 0 Å². The van der Waals surface area contributed by atoms with Crippen molar-refractivity contribution in [2.75, 3.05) is 5.75 Å². The summed E-state index contributed by atoms with van der Waals surface area (Å²) >= 11 is -1.92. The Kier molecular flexibility index (Phi) is 9.69. The summed E-state index contributed by atoms with van der Waals surface area (Å²) in [4.78, 5) is 0. The molecule has 9 heavy (non-hydrogen) atoms. The predicted molar refractivity (Wildman–Crippen MR) is 33.1 cm³/mol. The molecule has 0 aliphatic rings. The van der Waals surface area contributed by atoms with Gasteiger partial charge in [-0.2, -0.15) is 0 Å².